The van der Waals surface area contributed by atoms with Crippen LogP contribution >= 0.6 is 27.7 Å². The molecule has 0 unspecified atom stereocenters. The van der Waals surface area contributed by atoms with E-state index < -0.39 is 0 Å². The number of hydrogen-bond acceptors (Lipinski definition) is 4. The van der Waals surface area contributed by atoms with Crippen LogP contribution in [0.5, 0.6) is 0 Å². The molecule has 4 nitrogen and oxygen atoms in total. The summed E-state index contributed by atoms with van der Waals surface area (Å²) >= 11 is 5.27. The van der Waals surface area contributed by atoms with Crippen LogP contribution in [0, 0.1) is 13.8 Å². The molecular formula is C15H15BrN4S. The fourth-order valence-electron chi connectivity index (χ4n) is 2.17. The van der Waals surface area contributed by atoms with Gasteiger partial charge in [-0.2, -0.15) is 0 Å². The van der Waals surface area contributed by atoms with Gasteiger partial charge in [0, 0.05) is 38.4 Å². The van der Waals surface area contributed by atoms with Crippen LogP contribution in [0.15, 0.2) is 39.8 Å². The Kier molecular flexibility index (Phi) is 3.91. The van der Waals surface area contributed by atoms with E-state index in [0.29, 0.717) is 0 Å². The molecule has 0 aliphatic carbocycles. The van der Waals surface area contributed by atoms with Crippen LogP contribution in [0.3, 0.4) is 0 Å². The van der Waals surface area contributed by atoms with Gasteiger partial charge in [-0.05, 0) is 54.0 Å². The number of benzene rings is 1. The highest BCUT2D eigenvalue weighted by Gasteiger charge is 2.08. The quantitative estimate of drug-likeness (QED) is 0.565. The molecular weight excluding hydrogens is 348 g/mol. The standard InChI is InChI=1S/C15H15BrN4S/c1-9-5-10(2)20-7-12(19-15(20)18-9)8-21-14-4-3-11(17)6-13(14)16/h3-7H,8,17H2,1-2H3. The Morgan fingerprint density at radius 2 is 2.05 bits per heavy atom. The Balaban J connectivity index is 1.83. The summed E-state index contributed by atoms with van der Waals surface area (Å²) in [7, 11) is 0. The van der Waals surface area contributed by atoms with E-state index in [2.05, 4.69) is 45.1 Å². The number of halogens is 1. The topological polar surface area (TPSA) is 56.2 Å². The summed E-state index contributed by atoms with van der Waals surface area (Å²) < 4.78 is 3.04. The van der Waals surface area contributed by atoms with Crippen molar-refractivity contribution in [3.05, 3.63) is 52.0 Å². The highest BCUT2D eigenvalue weighted by molar-refractivity contribution is 9.10. The number of rotatable bonds is 3. The second kappa shape index (κ2) is 5.69. The first-order chi connectivity index (χ1) is 10.0. The molecule has 0 atom stereocenters. The molecule has 0 aliphatic heterocycles. The Morgan fingerprint density at radius 3 is 2.81 bits per heavy atom. The molecule has 0 saturated carbocycles. The van der Waals surface area contributed by atoms with E-state index in [-0.39, 0.29) is 0 Å². The number of aryl methyl sites for hydroxylation is 2. The maximum Gasteiger partial charge on any atom is 0.234 e. The summed E-state index contributed by atoms with van der Waals surface area (Å²) in [6.45, 7) is 4.05. The lowest BCUT2D eigenvalue weighted by molar-refractivity contribution is 1.01. The minimum absolute atomic E-state index is 0.759. The molecule has 108 valence electrons. The fraction of sp³-hybridized carbons (Fsp3) is 0.200. The van der Waals surface area contributed by atoms with Gasteiger partial charge < -0.3 is 5.73 Å². The summed E-state index contributed by atoms with van der Waals surface area (Å²) in [5, 5.41) is 0. The van der Waals surface area contributed by atoms with Crippen LogP contribution in [-0.4, -0.2) is 14.4 Å². The second-order valence-electron chi connectivity index (χ2n) is 4.92. The highest BCUT2D eigenvalue weighted by Crippen LogP contribution is 2.31. The number of fused-ring (bicyclic) bond motifs is 1. The van der Waals surface area contributed by atoms with Crippen molar-refractivity contribution in [3.8, 4) is 0 Å². The third-order valence-corrected chi connectivity index (χ3v) is 5.17. The van der Waals surface area contributed by atoms with Crippen LogP contribution in [0.1, 0.15) is 17.1 Å². The summed E-state index contributed by atoms with van der Waals surface area (Å²) in [4.78, 5) is 10.2. The van der Waals surface area contributed by atoms with Crippen molar-refractivity contribution in [2.75, 3.05) is 5.73 Å². The predicted molar refractivity (Wildman–Crippen MR) is 90.6 cm³/mol. The van der Waals surface area contributed by atoms with E-state index in [1.807, 2.05) is 29.5 Å². The zero-order chi connectivity index (χ0) is 15.0. The number of nitrogens with zero attached hydrogens (tertiary/aromatic N) is 3. The van der Waals surface area contributed by atoms with Crippen molar-refractivity contribution in [2.24, 2.45) is 0 Å². The van der Waals surface area contributed by atoms with Gasteiger partial charge in [-0.3, -0.25) is 4.40 Å². The van der Waals surface area contributed by atoms with E-state index in [0.717, 1.165) is 43.7 Å². The van der Waals surface area contributed by atoms with Gasteiger partial charge in [0.1, 0.15) is 0 Å². The van der Waals surface area contributed by atoms with E-state index in [1.165, 1.54) is 0 Å². The monoisotopic (exact) mass is 362 g/mol. The Bertz CT molecular complexity index is 813. The number of anilines is 1. The van der Waals surface area contributed by atoms with Gasteiger partial charge in [-0.1, -0.05) is 0 Å². The Labute approximate surface area is 135 Å². The van der Waals surface area contributed by atoms with Crippen molar-refractivity contribution in [2.45, 2.75) is 24.5 Å². The minimum Gasteiger partial charge on any atom is -0.399 e. The van der Waals surface area contributed by atoms with Crippen LogP contribution in [0.25, 0.3) is 5.78 Å². The number of nitrogen functional groups attached to an aromatic ring is 1. The molecule has 21 heavy (non-hydrogen) atoms. The normalized spacial score (nSPS) is 11.2. The van der Waals surface area contributed by atoms with Crippen molar-refractivity contribution in [3.63, 3.8) is 0 Å². The first kappa shape index (κ1) is 14.4. The maximum atomic E-state index is 5.75. The first-order valence-corrected chi connectivity index (χ1v) is 8.31. The van der Waals surface area contributed by atoms with Gasteiger partial charge in [0.2, 0.25) is 5.78 Å². The zero-order valence-electron chi connectivity index (χ0n) is 11.8. The largest absolute Gasteiger partial charge is 0.399 e. The average Bonchev–Trinajstić information content (AvgIpc) is 2.81. The van der Waals surface area contributed by atoms with Gasteiger partial charge >= 0.3 is 0 Å². The van der Waals surface area contributed by atoms with Gasteiger partial charge in [0.15, 0.2) is 0 Å². The molecule has 0 bridgehead atoms. The van der Waals surface area contributed by atoms with Crippen molar-refractivity contribution in [1.82, 2.24) is 14.4 Å². The molecule has 0 amide bonds. The van der Waals surface area contributed by atoms with Crippen LogP contribution in [0.2, 0.25) is 0 Å². The smallest absolute Gasteiger partial charge is 0.234 e. The number of hydrogen-bond donors (Lipinski definition) is 1. The molecule has 0 fully saturated rings. The van der Waals surface area contributed by atoms with Gasteiger partial charge in [0.25, 0.3) is 0 Å². The summed E-state index contributed by atoms with van der Waals surface area (Å²) in [5.41, 5.74) is 9.67. The summed E-state index contributed by atoms with van der Waals surface area (Å²) in [6.07, 6.45) is 2.05. The number of imidazole rings is 1. The highest BCUT2D eigenvalue weighted by atomic mass is 79.9. The van der Waals surface area contributed by atoms with Crippen molar-refractivity contribution < 1.29 is 0 Å². The lowest BCUT2D eigenvalue weighted by atomic mass is 10.3. The molecule has 0 saturated heterocycles. The molecule has 2 heterocycles. The van der Waals surface area contributed by atoms with E-state index in [1.54, 1.807) is 11.8 Å². The van der Waals surface area contributed by atoms with Crippen molar-refractivity contribution >= 4 is 39.2 Å². The fourth-order valence-corrected chi connectivity index (χ4v) is 3.72. The van der Waals surface area contributed by atoms with Crippen LogP contribution in [-0.2, 0) is 5.75 Å². The lowest BCUT2D eigenvalue weighted by Crippen LogP contribution is -1.94. The third kappa shape index (κ3) is 3.06. The van der Waals surface area contributed by atoms with E-state index >= 15 is 0 Å². The van der Waals surface area contributed by atoms with E-state index in [9.17, 15) is 0 Å². The maximum absolute atomic E-state index is 5.75. The number of thioether (sulfide) groups is 1. The van der Waals surface area contributed by atoms with Crippen LogP contribution < -0.4 is 5.73 Å². The van der Waals surface area contributed by atoms with Crippen LogP contribution in [0.4, 0.5) is 5.69 Å². The summed E-state index contributed by atoms with van der Waals surface area (Å²) in [5.74, 6) is 1.56. The second-order valence-corrected chi connectivity index (χ2v) is 6.79. The molecule has 0 aliphatic rings. The SMILES string of the molecule is Cc1cc(C)n2cc(CSc3ccc(N)cc3Br)nc2n1. The number of aromatic nitrogens is 3. The summed E-state index contributed by atoms with van der Waals surface area (Å²) in [6, 6.07) is 7.91. The molecule has 6 heteroatoms. The molecule has 1 aromatic carbocycles. The average molecular weight is 363 g/mol. The lowest BCUT2D eigenvalue weighted by Gasteiger charge is -2.03. The molecule has 0 spiro atoms. The molecule has 3 aromatic rings. The molecule has 0 radical (unpaired) electrons. The minimum atomic E-state index is 0.759. The van der Waals surface area contributed by atoms with Gasteiger partial charge in [-0.15, -0.1) is 11.8 Å². The van der Waals surface area contributed by atoms with Gasteiger partial charge in [0.05, 0.1) is 5.69 Å². The first-order valence-electron chi connectivity index (χ1n) is 6.53. The molecule has 3 rings (SSSR count). The Hall–Kier alpha value is -1.53. The molecule has 2 N–H and O–H groups in total. The number of nitrogens with two attached hydrogens (primary N) is 1. The zero-order valence-corrected chi connectivity index (χ0v) is 14.2. The van der Waals surface area contributed by atoms with Gasteiger partial charge in [-0.25, -0.2) is 9.97 Å². The molecule has 2 aromatic heterocycles. The Morgan fingerprint density at radius 1 is 1.24 bits per heavy atom. The third-order valence-electron chi connectivity index (χ3n) is 3.14. The van der Waals surface area contributed by atoms with Crippen molar-refractivity contribution in [1.29, 1.82) is 0 Å². The predicted octanol–water partition coefficient (Wildman–Crippen LogP) is 3.98. The van der Waals surface area contributed by atoms with E-state index in [4.69, 9.17) is 5.73 Å².